The van der Waals surface area contributed by atoms with E-state index >= 15 is 0 Å². The maximum atomic E-state index is 12.9. The Morgan fingerprint density at radius 2 is 2.03 bits per heavy atom. The van der Waals surface area contributed by atoms with Crippen LogP contribution in [0.2, 0.25) is 0 Å². The molecule has 0 spiro atoms. The van der Waals surface area contributed by atoms with Crippen molar-refractivity contribution < 1.29 is 32.2 Å². The SMILES string of the molecule is Cc1cc(CN2Cc3c(ccnc3NC(=O)C3CCOCC3)C2=O)ccc1OCC(F)(F)F. The number of nitrogens with one attached hydrogen (secondary N) is 1. The Bertz CT molecular complexity index is 1050. The second kappa shape index (κ2) is 9.38. The lowest BCUT2D eigenvalue weighted by atomic mass is 9.99. The number of rotatable bonds is 6. The van der Waals surface area contributed by atoms with Crippen LogP contribution in [0.5, 0.6) is 5.75 Å². The van der Waals surface area contributed by atoms with Crippen LogP contribution in [0.3, 0.4) is 0 Å². The molecule has 1 aromatic carbocycles. The fraction of sp³-hybridized carbons (Fsp3) is 0.435. The molecule has 0 unspecified atom stereocenters. The summed E-state index contributed by atoms with van der Waals surface area (Å²) in [7, 11) is 0. The van der Waals surface area contributed by atoms with Gasteiger partial charge >= 0.3 is 6.18 Å². The lowest BCUT2D eigenvalue weighted by Gasteiger charge is -2.21. The zero-order valence-corrected chi connectivity index (χ0v) is 18.1. The molecular formula is C23H24F3N3O4. The minimum atomic E-state index is -4.41. The second-order valence-electron chi connectivity index (χ2n) is 8.23. The van der Waals surface area contributed by atoms with Gasteiger partial charge in [-0.25, -0.2) is 4.98 Å². The molecule has 2 amide bonds. The summed E-state index contributed by atoms with van der Waals surface area (Å²) in [5.74, 6) is 0.0613. The number of amides is 2. The number of aromatic nitrogens is 1. The molecule has 1 saturated heterocycles. The van der Waals surface area contributed by atoms with E-state index in [1.165, 1.54) is 12.3 Å². The summed E-state index contributed by atoms with van der Waals surface area (Å²) < 4.78 is 47.4. The predicted octanol–water partition coefficient (Wildman–Crippen LogP) is 3.85. The Balaban J connectivity index is 1.44. The molecule has 7 nitrogen and oxygen atoms in total. The Labute approximate surface area is 188 Å². The highest BCUT2D eigenvalue weighted by atomic mass is 19.4. The number of hydrogen-bond donors (Lipinski definition) is 1. The molecule has 2 aliphatic rings. The molecule has 10 heteroatoms. The molecule has 1 fully saturated rings. The topological polar surface area (TPSA) is 80.8 Å². The van der Waals surface area contributed by atoms with Gasteiger partial charge in [0.2, 0.25) is 5.91 Å². The number of carbonyl (C=O) groups is 2. The van der Waals surface area contributed by atoms with Gasteiger partial charge in [0, 0.05) is 43.0 Å². The number of alkyl halides is 3. The lowest BCUT2D eigenvalue weighted by molar-refractivity contribution is -0.153. The molecule has 2 aromatic rings. The lowest BCUT2D eigenvalue weighted by Crippen LogP contribution is -2.29. The van der Waals surface area contributed by atoms with Crippen molar-refractivity contribution in [2.75, 3.05) is 25.1 Å². The van der Waals surface area contributed by atoms with Crippen molar-refractivity contribution in [3.63, 3.8) is 0 Å². The first-order valence-electron chi connectivity index (χ1n) is 10.7. The third-order valence-electron chi connectivity index (χ3n) is 5.76. The fourth-order valence-electron chi connectivity index (χ4n) is 4.05. The Kier molecular flexibility index (Phi) is 6.55. The van der Waals surface area contributed by atoms with Crippen LogP contribution in [0.25, 0.3) is 0 Å². The second-order valence-corrected chi connectivity index (χ2v) is 8.23. The van der Waals surface area contributed by atoms with E-state index in [1.807, 2.05) is 0 Å². The predicted molar refractivity (Wildman–Crippen MR) is 113 cm³/mol. The van der Waals surface area contributed by atoms with Crippen LogP contribution in [0.1, 0.15) is 39.9 Å². The summed E-state index contributed by atoms with van der Waals surface area (Å²) in [6.45, 7) is 1.93. The monoisotopic (exact) mass is 463 g/mol. The van der Waals surface area contributed by atoms with Crippen molar-refractivity contribution in [3.8, 4) is 5.75 Å². The average Bonchev–Trinajstić information content (AvgIpc) is 3.09. The minimum Gasteiger partial charge on any atom is -0.484 e. The van der Waals surface area contributed by atoms with Gasteiger partial charge in [0.15, 0.2) is 6.61 Å². The number of fused-ring (bicyclic) bond motifs is 1. The summed E-state index contributed by atoms with van der Waals surface area (Å²) in [5.41, 5.74) is 2.44. The number of anilines is 1. The average molecular weight is 463 g/mol. The smallest absolute Gasteiger partial charge is 0.422 e. The highest BCUT2D eigenvalue weighted by Crippen LogP contribution is 2.31. The third kappa shape index (κ3) is 5.44. The van der Waals surface area contributed by atoms with E-state index < -0.39 is 12.8 Å². The zero-order valence-electron chi connectivity index (χ0n) is 18.1. The van der Waals surface area contributed by atoms with Crippen LogP contribution in [0, 0.1) is 12.8 Å². The van der Waals surface area contributed by atoms with E-state index in [0.29, 0.717) is 48.6 Å². The van der Waals surface area contributed by atoms with Gasteiger partial charge in [-0.2, -0.15) is 13.2 Å². The summed E-state index contributed by atoms with van der Waals surface area (Å²) in [6, 6.07) is 6.45. The molecule has 1 N–H and O–H groups in total. The summed E-state index contributed by atoms with van der Waals surface area (Å²) in [4.78, 5) is 31.4. The number of hydrogen-bond acceptors (Lipinski definition) is 5. The first-order valence-corrected chi connectivity index (χ1v) is 10.7. The molecule has 3 heterocycles. The molecule has 0 saturated carbocycles. The highest BCUT2D eigenvalue weighted by molar-refractivity contribution is 6.01. The number of benzene rings is 1. The van der Waals surface area contributed by atoms with Gasteiger partial charge in [0.25, 0.3) is 5.91 Å². The largest absolute Gasteiger partial charge is 0.484 e. The number of ether oxygens (including phenoxy) is 2. The molecule has 2 aliphatic heterocycles. The fourth-order valence-corrected chi connectivity index (χ4v) is 4.05. The highest BCUT2D eigenvalue weighted by Gasteiger charge is 2.32. The van der Waals surface area contributed by atoms with Gasteiger partial charge in [-0.15, -0.1) is 0 Å². The number of pyridine rings is 1. The number of nitrogens with zero attached hydrogens (tertiary/aromatic N) is 2. The van der Waals surface area contributed by atoms with Gasteiger partial charge in [-0.3, -0.25) is 9.59 Å². The molecule has 0 bridgehead atoms. The quantitative estimate of drug-likeness (QED) is 0.704. The van der Waals surface area contributed by atoms with E-state index in [0.717, 1.165) is 5.56 Å². The normalized spacial score (nSPS) is 16.6. The first kappa shape index (κ1) is 23.0. The number of carbonyl (C=O) groups excluding carboxylic acids is 2. The van der Waals surface area contributed by atoms with Crippen LogP contribution < -0.4 is 10.1 Å². The number of halogens is 3. The molecular weight excluding hydrogens is 439 g/mol. The summed E-state index contributed by atoms with van der Waals surface area (Å²) >= 11 is 0. The Morgan fingerprint density at radius 3 is 2.73 bits per heavy atom. The van der Waals surface area contributed by atoms with Crippen molar-refractivity contribution >= 4 is 17.6 Å². The molecule has 0 radical (unpaired) electrons. The summed E-state index contributed by atoms with van der Waals surface area (Å²) in [6.07, 6.45) is -1.62. The third-order valence-corrected chi connectivity index (χ3v) is 5.76. The van der Waals surface area contributed by atoms with Crippen LogP contribution in [0.4, 0.5) is 19.0 Å². The van der Waals surface area contributed by atoms with E-state index in [-0.39, 0.29) is 36.6 Å². The van der Waals surface area contributed by atoms with E-state index in [2.05, 4.69) is 10.3 Å². The van der Waals surface area contributed by atoms with Crippen LogP contribution in [-0.2, 0) is 22.6 Å². The molecule has 0 aliphatic carbocycles. The van der Waals surface area contributed by atoms with Crippen molar-refractivity contribution in [1.82, 2.24) is 9.88 Å². The van der Waals surface area contributed by atoms with Crippen molar-refractivity contribution in [3.05, 3.63) is 52.7 Å². The van der Waals surface area contributed by atoms with Crippen molar-refractivity contribution in [1.29, 1.82) is 0 Å². The van der Waals surface area contributed by atoms with Crippen LogP contribution in [0.15, 0.2) is 30.5 Å². The van der Waals surface area contributed by atoms with Crippen molar-refractivity contribution in [2.24, 2.45) is 5.92 Å². The molecule has 33 heavy (non-hydrogen) atoms. The van der Waals surface area contributed by atoms with Gasteiger partial charge < -0.3 is 19.7 Å². The van der Waals surface area contributed by atoms with E-state index in [9.17, 15) is 22.8 Å². The van der Waals surface area contributed by atoms with Crippen molar-refractivity contribution in [2.45, 2.75) is 39.0 Å². The van der Waals surface area contributed by atoms with E-state index in [4.69, 9.17) is 9.47 Å². The summed E-state index contributed by atoms with van der Waals surface area (Å²) in [5, 5.41) is 2.87. The molecule has 4 rings (SSSR count). The van der Waals surface area contributed by atoms with E-state index in [1.54, 1.807) is 30.0 Å². The Hall–Kier alpha value is -3.14. The zero-order chi connectivity index (χ0) is 23.6. The molecule has 1 aromatic heterocycles. The minimum absolute atomic E-state index is 0.129. The molecule has 176 valence electrons. The Morgan fingerprint density at radius 1 is 1.27 bits per heavy atom. The van der Waals surface area contributed by atoms with Crippen LogP contribution in [-0.4, -0.2) is 47.7 Å². The van der Waals surface area contributed by atoms with Gasteiger partial charge in [0.1, 0.15) is 11.6 Å². The van der Waals surface area contributed by atoms with Crippen LogP contribution >= 0.6 is 0 Å². The van der Waals surface area contributed by atoms with Gasteiger partial charge in [0.05, 0.1) is 6.54 Å². The maximum absolute atomic E-state index is 12.9. The number of aryl methyl sites for hydroxylation is 1. The molecule has 0 atom stereocenters. The van der Waals surface area contributed by atoms with Gasteiger partial charge in [-0.05, 0) is 43.0 Å². The standard InChI is InChI=1S/C23H24F3N3O4/c1-14-10-15(2-3-19(14)33-13-23(24,25)26)11-29-12-18-17(22(29)31)4-7-27-20(18)28-21(30)16-5-8-32-9-6-16/h2-4,7,10,16H,5-6,8-9,11-13H2,1H3,(H,27,28,30). The van der Waals surface area contributed by atoms with Gasteiger partial charge in [-0.1, -0.05) is 12.1 Å². The maximum Gasteiger partial charge on any atom is 0.422 e. The first-order chi connectivity index (χ1) is 15.7.